The Balaban J connectivity index is 2.16. The van der Waals surface area contributed by atoms with Crippen LogP contribution in [-0.4, -0.2) is 20.8 Å². The van der Waals surface area contributed by atoms with Crippen molar-refractivity contribution in [2.75, 3.05) is 11.4 Å². The van der Waals surface area contributed by atoms with E-state index in [-0.39, 0.29) is 17.8 Å². The van der Waals surface area contributed by atoms with Gasteiger partial charge in [-0.3, -0.25) is 4.79 Å². The van der Waals surface area contributed by atoms with E-state index in [0.29, 0.717) is 11.0 Å². The number of hydrogen-bond acceptors (Lipinski definition) is 3. The van der Waals surface area contributed by atoms with Crippen LogP contribution in [0.5, 0.6) is 0 Å². The minimum absolute atomic E-state index is 0.244. The molecule has 1 N–H and O–H groups in total. The van der Waals surface area contributed by atoms with E-state index in [1.165, 1.54) is 12.1 Å². The van der Waals surface area contributed by atoms with Gasteiger partial charge in [-0.15, -0.1) is 0 Å². The number of nitrogens with zero attached hydrogens (tertiary/aromatic N) is 1. The van der Waals surface area contributed by atoms with Crippen LogP contribution >= 0.6 is 12.8 Å². The first-order chi connectivity index (χ1) is 10.4. The quantitative estimate of drug-likeness (QED) is 0.671. The molecule has 0 bridgehead atoms. The summed E-state index contributed by atoms with van der Waals surface area (Å²) in [6.45, 7) is 1.84. The van der Waals surface area contributed by atoms with Crippen molar-refractivity contribution >= 4 is 37.7 Å². The number of benzene rings is 2. The number of carbonyl (C=O) groups is 1. The zero-order chi connectivity index (χ0) is 16.3. The van der Waals surface area contributed by atoms with Crippen LogP contribution in [0.2, 0.25) is 0 Å². The first kappa shape index (κ1) is 16.4. The van der Waals surface area contributed by atoms with Gasteiger partial charge in [-0.05, 0) is 36.8 Å². The third-order valence-corrected chi connectivity index (χ3v) is 3.52. The maximum Gasteiger partial charge on any atom is 0.251 e. The van der Waals surface area contributed by atoms with Gasteiger partial charge in [0.15, 0.2) is 0 Å². The summed E-state index contributed by atoms with van der Waals surface area (Å²) in [5.41, 5.74) is 2.48. The molecule has 0 aromatic heterocycles. The van der Waals surface area contributed by atoms with Gasteiger partial charge in [0.05, 0.1) is 6.04 Å². The highest BCUT2D eigenvalue weighted by atomic mass is 32.1. The minimum Gasteiger partial charge on any atom is -0.346 e. The number of amides is 1. The Morgan fingerprint density at radius 2 is 1.91 bits per heavy atom. The number of carbonyl (C=O) groups excluding carboxylic acids is 1. The highest BCUT2D eigenvalue weighted by Crippen LogP contribution is 2.17. The first-order valence-corrected chi connectivity index (χ1v) is 7.16. The van der Waals surface area contributed by atoms with Gasteiger partial charge >= 0.3 is 0 Å². The SMILES string of the molecule is [B]c1cc(C(=O)N[C@H](C)c2ccc(F)cc2)cc(N(C)S)c1. The molecule has 2 radical (unpaired) electrons. The van der Waals surface area contributed by atoms with E-state index in [1.807, 2.05) is 6.92 Å². The van der Waals surface area contributed by atoms with E-state index in [4.69, 9.17) is 7.85 Å². The van der Waals surface area contributed by atoms with Crippen LogP contribution in [0.4, 0.5) is 10.1 Å². The second-order valence-electron chi connectivity index (χ2n) is 5.08. The summed E-state index contributed by atoms with van der Waals surface area (Å²) in [4.78, 5) is 12.3. The predicted molar refractivity (Wildman–Crippen MR) is 91.5 cm³/mol. The largest absolute Gasteiger partial charge is 0.346 e. The fraction of sp³-hybridized carbons (Fsp3) is 0.188. The van der Waals surface area contributed by atoms with Gasteiger partial charge in [0.1, 0.15) is 13.7 Å². The average Bonchev–Trinajstić information content (AvgIpc) is 2.47. The van der Waals surface area contributed by atoms with Crippen molar-refractivity contribution < 1.29 is 9.18 Å². The van der Waals surface area contributed by atoms with Gasteiger partial charge in [-0.1, -0.05) is 36.5 Å². The first-order valence-electron chi connectivity index (χ1n) is 6.76. The van der Waals surface area contributed by atoms with E-state index in [0.717, 1.165) is 11.3 Å². The molecule has 0 spiro atoms. The Kier molecular flexibility index (Phi) is 5.13. The average molecular weight is 314 g/mol. The lowest BCUT2D eigenvalue weighted by atomic mass is 9.93. The fourth-order valence-corrected chi connectivity index (χ4v) is 2.18. The summed E-state index contributed by atoms with van der Waals surface area (Å²) < 4.78 is 14.5. The molecule has 0 heterocycles. The van der Waals surface area contributed by atoms with E-state index in [9.17, 15) is 9.18 Å². The summed E-state index contributed by atoms with van der Waals surface area (Å²) >= 11 is 4.20. The molecule has 0 aliphatic rings. The molecule has 3 nitrogen and oxygen atoms in total. The fourth-order valence-electron chi connectivity index (χ4n) is 2.07. The van der Waals surface area contributed by atoms with Crippen molar-refractivity contribution in [3.05, 3.63) is 59.4 Å². The highest BCUT2D eigenvalue weighted by molar-refractivity contribution is 7.81. The van der Waals surface area contributed by atoms with Crippen molar-refractivity contribution in [1.29, 1.82) is 0 Å². The molecule has 2 rings (SSSR count). The van der Waals surface area contributed by atoms with Crippen molar-refractivity contribution in [3.63, 3.8) is 0 Å². The van der Waals surface area contributed by atoms with Gasteiger partial charge in [-0.25, -0.2) is 4.39 Å². The molecule has 6 heteroatoms. The Labute approximate surface area is 136 Å². The van der Waals surface area contributed by atoms with Crippen molar-refractivity contribution in [1.82, 2.24) is 5.32 Å². The van der Waals surface area contributed by atoms with Gasteiger partial charge in [0.25, 0.3) is 5.91 Å². The summed E-state index contributed by atoms with van der Waals surface area (Å²) in [6.07, 6.45) is 0. The van der Waals surface area contributed by atoms with Gasteiger partial charge < -0.3 is 9.62 Å². The second-order valence-corrected chi connectivity index (χ2v) is 5.68. The van der Waals surface area contributed by atoms with Crippen LogP contribution in [0.3, 0.4) is 0 Å². The molecule has 0 aliphatic heterocycles. The van der Waals surface area contributed by atoms with E-state index in [2.05, 4.69) is 18.1 Å². The van der Waals surface area contributed by atoms with Crippen molar-refractivity contribution in [2.45, 2.75) is 13.0 Å². The molecule has 2 aromatic carbocycles. The number of rotatable bonds is 4. The monoisotopic (exact) mass is 314 g/mol. The van der Waals surface area contributed by atoms with Crippen LogP contribution in [0.1, 0.15) is 28.9 Å². The molecular formula is C16H16BFN2OS. The lowest BCUT2D eigenvalue weighted by Crippen LogP contribution is -2.27. The summed E-state index contributed by atoms with van der Waals surface area (Å²) in [7, 11) is 7.56. The van der Waals surface area contributed by atoms with E-state index < -0.39 is 0 Å². The summed E-state index contributed by atoms with van der Waals surface area (Å²) in [5, 5.41) is 2.86. The van der Waals surface area contributed by atoms with Crippen LogP contribution < -0.4 is 15.1 Å². The maximum absolute atomic E-state index is 12.9. The zero-order valence-corrected chi connectivity index (χ0v) is 13.3. The molecule has 1 atom stereocenters. The minimum atomic E-state index is -0.306. The third-order valence-electron chi connectivity index (χ3n) is 3.29. The zero-order valence-electron chi connectivity index (χ0n) is 12.4. The number of anilines is 1. The van der Waals surface area contributed by atoms with Crippen molar-refractivity contribution in [3.8, 4) is 0 Å². The van der Waals surface area contributed by atoms with Gasteiger partial charge in [-0.2, -0.15) is 0 Å². The molecule has 1 amide bonds. The molecule has 2 aromatic rings. The highest BCUT2D eigenvalue weighted by Gasteiger charge is 2.13. The van der Waals surface area contributed by atoms with Crippen LogP contribution in [0.25, 0.3) is 0 Å². The summed E-state index contributed by atoms with van der Waals surface area (Å²) in [6, 6.07) is 10.8. The topological polar surface area (TPSA) is 32.3 Å². The maximum atomic E-state index is 12.9. The molecule has 112 valence electrons. The molecule has 22 heavy (non-hydrogen) atoms. The molecule has 0 saturated heterocycles. The van der Waals surface area contributed by atoms with Crippen LogP contribution in [-0.2, 0) is 0 Å². The Bertz CT molecular complexity index is 676. The lowest BCUT2D eigenvalue weighted by Gasteiger charge is -2.17. The van der Waals surface area contributed by atoms with Crippen LogP contribution in [0.15, 0.2) is 42.5 Å². The number of hydrogen-bond donors (Lipinski definition) is 2. The van der Waals surface area contributed by atoms with Gasteiger partial charge in [0.2, 0.25) is 0 Å². The summed E-state index contributed by atoms with van der Waals surface area (Å²) in [5.74, 6) is -0.555. The normalized spacial score (nSPS) is 11.8. The number of halogens is 1. The Morgan fingerprint density at radius 3 is 2.50 bits per heavy atom. The molecule has 0 unspecified atom stereocenters. The standard InChI is InChI=1S/C16H16BFN2OS/c1-10(11-3-5-14(18)6-4-11)19-16(21)12-7-13(17)9-15(8-12)20(2)22/h3-10,22H,1-2H3,(H,19,21)/t10-/m1/s1. The number of nitrogens with one attached hydrogen (secondary N) is 1. The molecule has 0 fully saturated rings. The second kappa shape index (κ2) is 6.88. The van der Waals surface area contributed by atoms with Crippen molar-refractivity contribution in [2.24, 2.45) is 0 Å². The molecule has 0 aliphatic carbocycles. The lowest BCUT2D eigenvalue weighted by molar-refractivity contribution is 0.0940. The molecule has 0 saturated carbocycles. The Morgan fingerprint density at radius 1 is 1.27 bits per heavy atom. The number of thiol groups is 1. The molecular weight excluding hydrogens is 298 g/mol. The van der Waals surface area contributed by atoms with Gasteiger partial charge in [0, 0.05) is 18.3 Å². The smallest absolute Gasteiger partial charge is 0.251 e. The third kappa shape index (κ3) is 4.04. The Hall–Kier alpha value is -1.95. The van der Waals surface area contributed by atoms with E-state index >= 15 is 0 Å². The van der Waals surface area contributed by atoms with E-state index in [1.54, 1.807) is 41.7 Å². The van der Waals surface area contributed by atoms with Crippen LogP contribution in [0, 0.1) is 5.82 Å². The predicted octanol–water partition coefficient (Wildman–Crippen LogP) is 2.39.